The summed E-state index contributed by atoms with van der Waals surface area (Å²) in [6.45, 7) is 0. The highest BCUT2D eigenvalue weighted by Gasteiger charge is 2.06. The van der Waals surface area contributed by atoms with E-state index in [4.69, 9.17) is 33.7 Å². The molecule has 1 aromatic rings. The van der Waals surface area contributed by atoms with Gasteiger partial charge in [-0.05, 0) is 24.3 Å². The minimum absolute atomic E-state index is 0.0944. The zero-order valence-corrected chi connectivity index (χ0v) is 9.95. The fourth-order valence-corrected chi connectivity index (χ4v) is 1.28. The van der Waals surface area contributed by atoms with Gasteiger partial charge in [-0.25, -0.2) is 0 Å². The molecular formula is C12H7N5S. The van der Waals surface area contributed by atoms with Gasteiger partial charge in [0, 0.05) is 11.3 Å². The lowest BCUT2D eigenvalue weighted by Gasteiger charge is -2.05. The molecule has 0 unspecified atom stereocenters. The van der Waals surface area contributed by atoms with Crippen LogP contribution in [-0.4, -0.2) is 4.99 Å². The van der Waals surface area contributed by atoms with Crippen LogP contribution in [0.25, 0.3) is 0 Å². The number of anilines is 1. The second-order valence-corrected chi connectivity index (χ2v) is 3.59. The Balaban J connectivity index is 3.03. The van der Waals surface area contributed by atoms with Crippen LogP contribution in [0.3, 0.4) is 0 Å². The third-order valence-corrected chi connectivity index (χ3v) is 2.26. The Morgan fingerprint density at radius 2 is 1.61 bits per heavy atom. The molecule has 1 rings (SSSR count). The SMILES string of the molecule is N#CC(C#N)=C(C#N)Nc1ccc(C(N)=S)cc1. The smallest absolute Gasteiger partial charge is 0.163 e. The summed E-state index contributed by atoms with van der Waals surface area (Å²) < 4.78 is 0. The van der Waals surface area contributed by atoms with Crippen molar-refractivity contribution in [2.24, 2.45) is 5.73 Å². The molecule has 18 heavy (non-hydrogen) atoms. The Morgan fingerprint density at radius 1 is 1.06 bits per heavy atom. The van der Waals surface area contributed by atoms with Gasteiger partial charge in [0.25, 0.3) is 0 Å². The van der Waals surface area contributed by atoms with Gasteiger partial charge in [-0.3, -0.25) is 0 Å². The van der Waals surface area contributed by atoms with E-state index in [0.717, 1.165) is 0 Å². The van der Waals surface area contributed by atoms with Crippen molar-refractivity contribution >= 4 is 22.9 Å². The Bertz CT molecular complexity index is 606. The van der Waals surface area contributed by atoms with E-state index in [9.17, 15) is 0 Å². The minimum Gasteiger partial charge on any atom is -0.389 e. The van der Waals surface area contributed by atoms with E-state index < -0.39 is 0 Å². The Labute approximate surface area is 109 Å². The molecule has 1 aromatic carbocycles. The van der Waals surface area contributed by atoms with Gasteiger partial charge >= 0.3 is 0 Å². The highest BCUT2D eigenvalue weighted by molar-refractivity contribution is 7.80. The van der Waals surface area contributed by atoms with Gasteiger partial charge in [0.2, 0.25) is 0 Å². The van der Waals surface area contributed by atoms with Gasteiger partial charge in [0.05, 0.1) is 0 Å². The maximum absolute atomic E-state index is 8.85. The summed E-state index contributed by atoms with van der Waals surface area (Å²) in [6.07, 6.45) is 0. The van der Waals surface area contributed by atoms with E-state index in [1.54, 1.807) is 42.5 Å². The number of hydrogen-bond donors (Lipinski definition) is 2. The maximum Gasteiger partial charge on any atom is 0.163 e. The Hall–Kier alpha value is -2.88. The lowest BCUT2D eigenvalue weighted by molar-refractivity contribution is 1.37. The number of thiocarbonyl (C=S) groups is 1. The van der Waals surface area contributed by atoms with Crippen LogP contribution >= 0.6 is 12.2 Å². The molecule has 0 aliphatic carbocycles. The molecule has 0 spiro atoms. The topological polar surface area (TPSA) is 109 Å². The van der Waals surface area contributed by atoms with Crippen molar-refractivity contribution in [3.05, 3.63) is 41.1 Å². The van der Waals surface area contributed by atoms with E-state index >= 15 is 0 Å². The average Bonchev–Trinajstić information content (AvgIpc) is 2.39. The van der Waals surface area contributed by atoms with Crippen molar-refractivity contribution in [1.29, 1.82) is 15.8 Å². The molecule has 0 heterocycles. The number of nitrogens with two attached hydrogens (primary N) is 1. The van der Waals surface area contributed by atoms with Crippen LogP contribution in [0, 0.1) is 34.0 Å². The van der Waals surface area contributed by atoms with E-state index in [0.29, 0.717) is 11.3 Å². The summed E-state index contributed by atoms with van der Waals surface area (Å²) in [5.74, 6) is 0. The molecule has 0 amide bonds. The van der Waals surface area contributed by atoms with Crippen LogP contribution in [0.5, 0.6) is 0 Å². The summed E-state index contributed by atoms with van der Waals surface area (Å²) >= 11 is 4.80. The molecule has 3 N–H and O–H groups in total. The fraction of sp³-hybridized carbons (Fsp3) is 0. The monoisotopic (exact) mass is 253 g/mol. The standard InChI is InChI=1S/C12H7N5S/c13-5-9(6-14)11(7-15)17-10-3-1-8(2-4-10)12(16)18/h1-4,17H,(H2,16,18). The molecule has 5 nitrogen and oxygen atoms in total. The zero-order valence-electron chi connectivity index (χ0n) is 9.14. The van der Waals surface area contributed by atoms with Gasteiger partial charge in [-0.1, -0.05) is 12.2 Å². The molecule has 0 aromatic heterocycles. The summed E-state index contributed by atoms with van der Waals surface area (Å²) in [5, 5.41) is 28.9. The van der Waals surface area contributed by atoms with Gasteiger partial charge in [-0.2, -0.15) is 15.8 Å². The van der Waals surface area contributed by atoms with E-state index in [1.165, 1.54) is 0 Å². The first-order chi connectivity index (χ1) is 8.62. The summed E-state index contributed by atoms with van der Waals surface area (Å²) in [6, 6.07) is 11.7. The number of nitrogens with one attached hydrogen (secondary N) is 1. The van der Waals surface area contributed by atoms with Gasteiger partial charge < -0.3 is 11.1 Å². The third kappa shape index (κ3) is 3.05. The first kappa shape index (κ1) is 13.2. The average molecular weight is 253 g/mol. The quantitative estimate of drug-likeness (QED) is 0.624. The normalized spacial score (nSPS) is 8.28. The number of benzene rings is 1. The van der Waals surface area contributed by atoms with Crippen molar-refractivity contribution < 1.29 is 0 Å². The molecule has 86 valence electrons. The largest absolute Gasteiger partial charge is 0.389 e. The van der Waals surface area contributed by atoms with E-state index in [2.05, 4.69) is 5.32 Å². The second-order valence-electron chi connectivity index (χ2n) is 3.15. The summed E-state index contributed by atoms with van der Waals surface area (Å²) in [7, 11) is 0. The molecule has 0 saturated carbocycles. The van der Waals surface area contributed by atoms with Gasteiger partial charge in [-0.15, -0.1) is 0 Å². The van der Waals surface area contributed by atoms with Crippen LogP contribution < -0.4 is 11.1 Å². The fourth-order valence-electron chi connectivity index (χ4n) is 1.15. The number of nitriles is 3. The van der Waals surface area contributed by atoms with Crippen molar-refractivity contribution in [3.8, 4) is 18.2 Å². The van der Waals surface area contributed by atoms with E-state index in [1.807, 2.05) is 0 Å². The minimum atomic E-state index is -0.268. The second kappa shape index (κ2) is 6.00. The van der Waals surface area contributed by atoms with Crippen molar-refractivity contribution in [3.63, 3.8) is 0 Å². The lowest BCUT2D eigenvalue weighted by atomic mass is 10.2. The highest BCUT2D eigenvalue weighted by Crippen LogP contribution is 2.13. The molecule has 0 aliphatic rings. The molecule has 0 saturated heterocycles. The molecule has 0 aliphatic heterocycles. The van der Waals surface area contributed by atoms with Gasteiger partial charge in [0.1, 0.15) is 28.9 Å². The van der Waals surface area contributed by atoms with Crippen LogP contribution in [0.4, 0.5) is 5.69 Å². The first-order valence-electron chi connectivity index (χ1n) is 4.73. The summed E-state index contributed by atoms with van der Waals surface area (Å²) in [4.78, 5) is 0.271. The Kier molecular flexibility index (Phi) is 4.40. The predicted octanol–water partition coefficient (Wildman–Crippen LogP) is 1.56. The molecular weight excluding hydrogens is 246 g/mol. The molecule has 0 radical (unpaired) electrons. The third-order valence-electron chi connectivity index (χ3n) is 2.02. The van der Waals surface area contributed by atoms with Crippen LogP contribution in [0.2, 0.25) is 0 Å². The van der Waals surface area contributed by atoms with Crippen LogP contribution in [0.1, 0.15) is 5.56 Å². The predicted molar refractivity (Wildman–Crippen MR) is 69.8 cm³/mol. The lowest BCUT2D eigenvalue weighted by Crippen LogP contribution is -2.09. The zero-order chi connectivity index (χ0) is 13.5. The number of allylic oxidation sites excluding steroid dienone is 2. The number of nitrogens with zero attached hydrogens (tertiary/aromatic N) is 3. The van der Waals surface area contributed by atoms with Crippen molar-refractivity contribution in [1.82, 2.24) is 0 Å². The first-order valence-corrected chi connectivity index (χ1v) is 5.14. The van der Waals surface area contributed by atoms with Gasteiger partial charge in [0.15, 0.2) is 5.57 Å². The number of rotatable bonds is 3. The van der Waals surface area contributed by atoms with Crippen LogP contribution in [-0.2, 0) is 0 Å². The number of hydrogen-bond acceptors (Lipinski definition) is 5. The highest BCUT2D eigenvalue weighted by atomic mass is 32.1. The molecule has 0 atom stereocenters. The maximum atomic E-state index is 8.85. The van der Waals surface area contributed by atoms with Crippen molar-refractivity contribution in [2.75, 3.05) is 5.32 Å². The van der Waals surface area contributed by atoms with Crippen LogP contribution in [0.15, 0.2) is 35.5 Å². The summed E-state index contributed by atoms with van der Waals surface area (Å²) in [5.41, 5.74) is 6.34. The molecule has 6 heteroatoms. The van der Waals surface area contributed by atoms with Crippen molar-refractivity contribution in [2.45, 2.75) is 0 Å². The molecule has 0 fully saturated rings. The van der Waals surface area contributed by atoms with E-state index in [-0.39, 0.29) is 16.3 Å². The Morgan fingerprint density at radius 3 is 2.00 bits per heavy atom. The molecule has 0 bridgehead atoms.